The third-order valence-electron chi connectivity index (χ3n) is 1.29. The molecule has 0 aliphatic carbocycles. The first-order chi connectivity index (χ1) is 6.19. The molecule has 0 aliphatic heterocycles. The minimum absolute atomic E-state index is 0.147. The van der Waals surface area contributed by atoms with Crippen LogP contribution in [0.3, 0.4) is 0 Å². The average molecular weight is 182 g/mol. The van der Waals surface area contributed by atoms with Gasteiger partial charge in [-0.25, -0.2) is 0 Å². The van der Waals surface area contributed by atoms with Crippen LogP contribution in [-0.2, 0) is 4.79 Å². The third kappa shape index (κ3) is 1.70. The topological polar surface area (TPSA) is 118 Å². The van der Waals surface area contributed by atoms with Crippen LogP contribution < -0.4 is 16.6 Å². The molecule has 7 heteroatoms. The molecule has 0 atom stereocenters. The normalized spacial score (nSPS) is 9.23. The highest BCUT2D eigenvalue weighted by Gasteiger charge is 2.08. The number of carbonyl (C=O) groups is 2. The van der Waals surface area contributed by atoms with Crippen LogP contribution in [0.1, 0.15) is 10.4 Å². The number of hydrogen-bond acceptors (Lipinski definition) is 5. The zero-order chi connectivity index (χ0) is 9.84. The molecule has 0 saturated heterocycles. The number of aromatic amines is 1. The van der Waals surface area contributed by atoms with E-state index in [9.17, 15) is 14.4 Å². The highest BCUT2D eigenvalue weighted by atomic mass is 16.1. The Morgan fingerprint density at radius 3 is 2.69 bits per heavy atom. The van der Waals surface area contributed by atoms with Gasteiger partial charge >= 0.3 is 0 Å². The lowest BCUT2D eigenvalue weighted by atomic mass is 10.3. The Hall–Kier alpha value is -2.18. The largest absolute Gasteiger partial charge is 0.369 e. The number of anilines is 2. The van der Waals surface area contributed by atoms with Crippen molar-refractivity contribution >= 4 is 24.5 Å². The summed E-state index contributed by atoms with van der Waals surface area (Å²) >= 11 is 0. The Morgan fingerprint density at radius 1 is 1.46 bits per heavy atom. The number of aromatic nitrogens is 2. The zero-order valence-electron chi connectivity index (χ0n) is 6.40. The van der Waals surface area contributed by atoms with Gasteiger partial charge in [-0.1, -0.05) is 0 Å². The lowest BCUT2D eigenvalue weighted by Gasteiger charge is -2.00. The summed E-state index contributed by atoms with van der Waals surface area (Å²) in [6, 6.07) is 0. The van der Waals surface area contributed by atoms with Gasteiger partial charge in [0.15, 0.2) is 12.1 Å². The first-order valence-corrected chi connectivity index (χ1v) is 3.24. The Bertz CT molecular complexity index is 397. The molecule has 1 aromatic rings. The van der Waals surface area contributed by atoms with Crippen LogP contribution >= 0.6 is 0 Å². The number of nitrogens with one attached hydrogen (secondary N) is 2. The molecule has 1 rings (SSSR count). The number of nitrogens with zero attached hydrogens (tertiary/aromatic N) is 1. The fourth-order valence-electron chi connectivity index (χ4n) is 0.775. The molecule has 1 heterocycles. The smallest absolute Gasteiger partial charge is 0.265 e. The number of nitrogen functional groups attached to an aromatic ring is 1. The maximum absolute atomic E-state index is 11.0. The van der Waals surface area contributed by atoms with Crippen molar-refractivity contribution in [3.05, 3.63) is 15.9 Å². The van der Waals surface area contributed by atoms with E-state index in [-0.39, 0.29) is 23.6 Å². The summed E-state index contributed by atoms with van der Waals surface area (Å²) in [6.07, 6.45) is 0.589. The van der Waals surface area contributed by atoms with Gasteiger partial charge in [-0.05, 0) is 0 Å². The molecular formula is C6H6N4O3. The Balaban J connectivity index is 3.37. The molecule has 0 aromatic carbocycles. The molecule has 1 aromatic heterocycles. The number of H-pyrrole nitrogens is 1. The van der Waals surface area contributed by atoms with Crippen molar-refractivity contribution in [1.82, 2.24) is 9.97 Å². The van der Waals surface area contributed by atoms with Gasteiger partial charge in [0.25, 0.3) is 5.56 Å². The van der Waals surface area contributed by atoms with Crippen LogP contribution in [0, 0.1) is 0 Å². The monoisotopic (exact) mass is 182 g/mol. The summed E-state index contributed by atoms with van der Waals surface area (Å²) in [5.41, 5.74) is 4.22. The van der Waals surface area contributed by atoms with E-state index in [4.69, 9.17) is 5.73 Å². The molecule has 0 fully saturated rings. The van der Waals surface area contributed by atoms with Crippen LogP contribution in [-0.4, -0.2) is 22.7 Å². The van der Waals surface area contributed by atoms with Gasteiger partial charge in [-0.2, -0.15) is 4.98 Å². The minimum atomic E-state index is -0.688. The quantitative estimate of drug-likeness (QED) is 0.504. The lowest BCUT2D eigenvalue weighted by molar-refractivity contribution is -0.105. The third-order valence-corrected chi connectivity index (χ3v) is 1.29. The predicted octanol–water partition coefficient (Wildman–Crippen LogP) is -1.27. The van der Waals surface area contributed by atoms with E-state index in [1.54, 1.807) is 0 Å². The van der Waals surface area contributed by atoms with Crippen molar-refractivity contribution < 1.29 is 9.59 Å². The minimum Gasteiger partial charge on any atom is -0.369 e. The second-order valence-electron chi connectivity index (χ2n) is 2.09. The fourth-order valence-corrected chi connectivity index (χ4v) is 0.775. The molecule has 0 unspecified atom stereocenters. The van der Waals surface area contributed by atoms with Gasteiger partial charge in [-0.15, -0.1) is 0 Å². The first kappa shape index (κ1) is 8.91. The Labute approximate surface area is 72.0 Å². The fraction of sp³-hybridized carbons (Fsp3) is 0. The van der Waals surface area contributed by atoms with Gasteiger partial charge in [0.05, 0.1) is 0 Å². The van der Waals surface area contributed by atoms with Crippen molar-refractivity contribution in [2.45, 2.75) is 0 Å². The molecule has 1 amide bonds. The average Bonchev–Trinajstić information content (AvgIpc) is 2.04. The second-order valence-corrected chi connectivity index (χ2v) is 2.09. The lowest BCUT2D eigenvalue weighted by Crippen LogP contribution is -2.19. The molecule has 4 N–H and O–H groups in total. The summed E-state index contributed by atoms with van der Waals surface area (Å²) in [6.45, 7) is 0. The van der Waals surface area contributed by atoms with Gasteiger partial charge < -0.3 is 11.1 Å². The van der Waals surface area contributed by atoms with Crippen molar-refractivity contribution in [3.63, 3.8) is 0 Å². The van der Waals surface area contributed by atoms with Crippen LogP contribution in [0.15, 0.2) is 4.79 Å². The molecule has 0 bridgehead atoms. The van der Waals surface area contributed by atoms with Crippen LogP contribution in [0.5, 0.6) is 0 Å². The van der Waals surface area contributed by atoms with Crippen molar-refractivity contribution in [2.75, 3.05) is 11.1 Å². The van der Waals surface area contributed by atoms with Crippen LogP contribution in [0.25, 0.3) is 0 Å². The Morgan fingerprint density at radius 2 is 2.15 bits per heavy atom. The summed E-state index contributed by atoms with van der Waals surface area (Å²) in [7, 11) is 0. The molecule has 7 nitrogen and oxygen atoms in total. The van der Waals surface area contributed by atoms with Crippen LogP contribution in [0.4, 0.5) is 11.8 Å². The van der Waals surface area contributed by atoms with E-state index >= 15 is 0 Å². The highest BCUT2D eigenvalue weighted by molar-refractivity contribution is 5.86. The van der Waals surface area contributed by atoms with E-state index in [2.05, 4.69) is 15.3 Å². The molecule has 0 radical (unpaired) electrons. The Kier molecular flexibility index (Phi) is 2.38. The molecule has 13 heavy (non-hydrogen) atoms. The summed E-state index contributed by atoms with van der Waals surface area (Å²) < 4.78 is 0. The number of rotatable bonds is 3. The van der Waals surface area contributed by atoms with E-state index in [1.807, 2.05) is 0 Å². The maximum atomic E-state index is 11.0. The van der Waals surface area contributed by atoms with E-state index in [0.717, 1.165) is 0 Å². The number of hydrogen-bond donors (Lipinski definition) is 3. The SMILES string of the molecule is Nc1nc(NC=O)c(C=O)c(=O)[nH]1. The number of aldehydes is 1. The standard InChI is InChI=1S/C6H6N4O3/c7-6-9-4(8-2-12)3(1-11)5(13)10-6/h1-2H,(H4,7,8,9,10,12,13). The zero-order valence-corrected chi connectivity index (χ0v) is 6.40. The molecule has 0 saturated carbocycles. The van der Waals surface area contributed by atoms with Gasteiger partial charge in [0, 0.05) is 0 Å². The summed E-state index contributed by atoms with van der Waals surface area (Å²) in [5.74, 6) is -0.314. The maximum Gasteiger partial charge on any atom is 0.265 e. The molecule has 0 spiro atoms. The summed E-state index contributed by atoms with van der Waals surface area (Å²) in [5, 5.41) is 2.09. The number of amides is 1. The number of carbonyl (C=O) groups excluding carboxylic acids is 2. The van der Waals surface area contributed by atoms with Crippen molar-refractivity contribution in [1.29, 1.82) is 0 Å². The van der Waals surface area contributed by atoms with E-state index in [1.165, 1.54) is 0 Å². The predicted molar refractivity (Wildman–Crippen MR) is 44.3 cm³/mol. The summed E-state index contributed by atoms with van der Waals surface area (Å²) in [4.78, 5) is 37.1. The van der Waals surface area contributed by atoms with E-state index in [0.29, 0.717) is 6.41 Å². The number of nitrogens with two attached hydrogens (primary N) is 1. The van der Waals surface area contributed by atoms with Crippen molar-refractivity contribution in [2.24, 2.45) is 0 Å². The highest BCUT2D eigenvalue weighted by Crippen LogP contribution is 2.04. The molecule has 68 valence electrons. The van der Waals surface area contributed by atoms with Gasteiger partial charge in [-0.3, -0.25) is 19.4 Å². The molecule has 0 aliphatic rings. The van der Waals surface area contributed by atoms with E-state index < -0.39 is 5.56 Å². The van der Waals surface area contributed by atoms with Gasteiger partial charge in [0.1, 0.15) is 5.56 Å². The first-order valence-electron chi connectivity index (χ1n) is 3.24. The van der Waals surface area contributed by atoms with Gasteiger partial charge in [0.2, 0.25) is 12.4 Å². The van der Waals surface area contributed by atoms with Crippen molar-refractivity contribution in [3.8, 4) is 0 Å². The van der Waals surface area contributed by atoms with Crippen LogP contribution in [0.2, 0.25) is 0 Å². The molecular weight excluding hydrogens is 176 g/mol. The second kappa shape index (κ2) is 3.48.